The Hall–Kier alpha value is -3.13. The molecule has 8 heteroatoms. The number of hydrogen-bond donors (Lipinski definition) is 2. The minimum Gasteiger partial charge on any atom is -0.346 e. The van der Waals surface area contributed by atoms with Crippen LogP contribution in [0, 0.1) is 0 Å². The molecule has 0 unspecified atom stereocenters. The topological polar surface area (TPSA) is 93.1 Å². The van der Waals surface area contributed by atoms with Crippen molar-refractivity contribution in [3.8, 4) is 5.69 Å². The highest BCUT2D eigenvalue weighted by molar-refractivity contribution is 7.92. The SMILES string of the molecule is C[C@@H](NC(=O)c1cccc(NS(C)(=O)=O)c1)c1ccc(-n2ccnc2)cc1. The first kappa shape index (κ1) is 18.7. The molecule has 27 heavy (non-hydrogen) atoms. The Kier molecular flexibility index (Phi) is 5.27. The molecule has 1 atom stereocenters. The second-order valence-corrected chi connectivity index (χ2v) is 7.96. The molecule has 3 rings (SSSR count). The fraction of sp³-hybridized carbons (Fsp3) is 0.158. The normalized spacial score (nSPS) is 12.4. The summed E-state index contributed by atoms with van der Waals surface area (Å²) in [6.07, 6.45) is 6.36. The van der Waals surface area contributed by atoms with Gasteiger partial charge < -0.3 is 9.88 Å². The lowest BCUT2D eigenvalue weighted by atomic mass is 10.1. The van der Waals surface area contributed by atoms with Crippen LogP contribution < -0.4 is 10.0 Å². The third-order valence-corrected chi connectivity index (χ3v) is 4.58. The minimum atomic E-state index is -3.40. The Balaban J connectivity index is 1.69. The Morgan fingerprint density at radius 2 is 1.89 bits per heavy atom. The first-order valence-corrected chi connectivity index (χ1v) is 10.2. The Morgan fingerprint density at radius 1 is 1.15 bits per heavy atom. The van der Waals surface area contributed by atoms with Crippen molar-refractivity contribution in [1.82, 2.24) is 14.9 Å². The van der Waals surface area contributed by atoms with Gasteiger partial charge in [0.05, 0.1) is 18.6 Å². The van der Waals surface area contributed by atoms with Crippen molar-refractivity contribution in [2.24, 2.45) is 0 Å². The largest absolute Gasteiger partial charge is 0.346 e. The first-order chi connectivity index (χ1) is 12.8. The van der Waals surface area contributed by atoms with E-state index < -0.39 is 10.0 Å². The highest BCUT2D eigenvalue weighted by Crippen LogP contribution is 2.17. The van der Waals surface area contributed by atoms with Crippen LogP contribution in [-0.2, 0) is 10.0 Å². The lowest BCUT2D eigenvalue weighted by Gasteiger charge is -2.15. The number of rotatable bonds is 6. The van der Waals surface area contributed by atoms with Gasteiger partial charge in [-0.1, -0.05) is 18.2 Å². The molecule has 0 radical (unpaired) electrons. The van der Waals surface area contributed by atoms with Crippen molar-refractivity contribution in [1.29, 1.82) is 0 Å². The van der Waals surface area contributed by atoms with Crippen molar-refractivity contribution < 1.29 is 13.2 Å². The molecule has 140 valence electrons. The molecule has 2 aromatic carbocycles. The summed E-state index contributed by atoms with van der Waals surface area (Å²) in [5.74, 6) is -0.279. The van der Waals surface area contributed by atoms with Crippen molar-refractivity contribution in [3.63, 3.8) is 0 Å². The fourth-order valence-electron chi connectivity index (χ4n) is 2.65. The first-order valence-electron chi connectivity index (χ1n) is 8.29. The molecule has 0 bridgehead atoms. The van der Waals surface area contributed by atoms with Gasteiger partial charge in [0.2, 0.25) is 10.0 Å². The number of hydrogen-bond acceptors (Lipinski definition) is 4. The van der Waals surface area contributed by atoms with Crippen LogP contribution in [0.2, 0.25) is 0 Å². The number of imidazole rings is 1. The predicted molar refractivity (Wildman–Crippen MR) is 104 cm³/mol. The zero-order valence-corrected chi connectivity index (χ0v) is 15.8. The summed E-state index contributed by atoms with van der Waals surface area (Å²) in [6, 6.07) is 14.0. The molecule has 0 spiro atoms. The van der Waals surface area contributed by atoms with E-state index in [0.29, 0.717) is 11.3 Å². The van der Waals surface area contributed by atoms with Crippen molar-refractivity contribution in [2.45, 2.75) is 13.0 Å². The number of sulfonamides is 1. The number of nitrogens with zero attached hydrogens (tertiary/aromatic N) is 2. The lowest BCUT2D eigenvalue weighted by molar-refractivity contribution is 0.0940. The number of anilines is 1. The van der Waals surface area contributed by atoms with E-state index in [1.165, 1.54) is 6.07 Å². The quantitative estimate of drug-likeness (QED) is 0.683. The molecule has 1 heterocycles. The maximum atomic E-state index is 12.5. The Bertz CT molecular complexity index is 1030. The van der Waals surface area contributed by atoms with Crippen LogP contribution >= 0.6 is 0 Å². The second kappa shape index (κ2) is 7.63. The van der Waals surface area contributed by atoms with E-state index >= 15 is 0 Å². The molecule has 0 saturated carbocycles. The van der Waals surface area contributed by atoms with E-state index in [0.717, 1.165) is 17.5 Å². The van der Waals surface area contributed by atoms with Crippen molar-refractivity contribution >= 4 is 21.6 Å². The number of amides is 1. The molecule has 0 aliphatic rings. The number of carbonyl (C=O) groups is 1. The highest BCUT2D eigenvalue weighted by Gasteiger charge is 2.13. The summed E-state index contributed by atoms with van der Waals surface area (Å²) >= 11 is 0. The summed E-state index contributed by atoms with van der Waals surface area (Å²) in [5, 5.41) is 2.92. The van der Waals surface area contributed by atoms with Crippen LogP contribution in [0.25, 0.3) is 5.69 Å². The molecule has 1 amide bonds. The predicted octanol–water partition coefficient (Wildman–Crippen LogP) is 2.73. The molecule has 0 aliphatic carbocycles. The van der Waals surface area contributed by atoms with Gasteiger partial charge in [0.1, 0.15) is 0 Å². The molecule has 2 N–H and O–H groups in total. The number of carbonyl (C=O) groups excluding carboxylic acids is 1. The van der Waals surface area contributed by atoms with E-state index in [4.69, 9.17) is 0 Å². The van der Waals surface area contributed by atoms with Gasteiger partial charge in [-0.25, -0.2) is 13.4 Å². The van der Waals surface area contributed by atoms with Crippen LogP contribution in [0.3, 0.4) is 0 Å². The van der Waals surface area contributed by atoms with E-state index in [-0.39, 0.29) is 11.9 Å². The Labute approximate surface area is 158 Å². The van der Waals surface area contributed by atoms with E-state index in [1.54, 1.807) is 30.7 Å². The van der Waals surface area contributed by atoms with Crippen molar-refractivity contribution in [3.05, 3.63) is 78.4 Å². The highest BCUT2D eigenvalue weighted by atomic mass is 32.2. The van der Waals surface area contributed by atoms with Crippen LogP contribution in [0.1, 0.15) is 28.9 Å². The number of aromatic nitrogens is 2. The van der Waals surface area contributed by atoms with Gasteiger partial charge in [-0.2, -0.15) is 0 Å². The second-order valence-electron chi connectivity index (χ2n) is 6.21. The van der Waals surface area contributed by atoms with Crippen LogP contribution in [0.5, 0.6) is 0 Å². The van der Waals surface area contributed by atoms with Gasteiger partial charge in [0.15, 0.2) is 0 Å². The third-order valence-electron chi connectivity index (χ3n) is 3.97. The monoisotopic (exact) mass is 384 g/mol. The smallest absolute Gasteiger partial charge is 0.251 e. The lowest BCUT2D eigenvalue weighted by Crippen LogP contribution is -2.26. The molecular weight excluding hydrogens is 364 g/mol. The van der Waals surface area contributed by atoms with E-state index in [1.807, 2.05) is 42.0 Å². The van der Waals surface area contributed by atoms with Crippen LogP contribution in [-0.4, -0.2) is 30.1 Å². The van der Waals surface area contributed by atoms with E-state index in [2.05, 4.69) is 15.0 Å². The van der Waals surface area contributed by atoms with E-state index in [9.17, 15) is 13.2 Å². The van der Waals surface area contributed by atoms with Gasteiger partial charge in [-0.15, -0.1) is 0 Å². The summed E-state index contributed by atoms with van der Waals surface area (Å²) in [5.41, 5.74) is 2.67. The molecule has 0 fully saturated rings. The zero-order valence-electron chi connectivity index (χ0n) is 15.0. The molecular formula is C19H20N4O3S. The average molecular weight is 384 g/mol. The Morgan fingerprint density at radius 3 is 2.52 bits per heavy atom. The zero-order chi connectivity index (χ0) is 19.4. The summed E-state index contributed by atoms with van der Waals surface area (Å²) in [4.78, 5) is 16.5. The van der Waals surface area contributed by atoms with Gasteiger partial charge >= 0.3 is 0 Å². The summed E-state index contributed by atoms with van der Waals surface area (Å²) in [6.45, 7) is 1.89. The molecule has 0 saturated heterocycles. The number of nitrogens with one attached hydrogen (secondary N) is 2. The van der Waals surface area contributed by atoms with Crippen molar-refractivity contribution in [2.75, 3.05) is 11.0 Å². The van der Waals surface area contributed by atoms with Crippen LogP contribution in [0.15, 0.2) is 67.3 Å². The fourth-order valence-corrected chi connectivity index (χ4v) is 3.20. The molecule has 1 aromatic heterocycles. The maximum absolute atomic E-state index is 12.5. The average Bonchev–Trinajstić information content (AvgIpc) is 3.15. The van der Waals surface area contributed by atoms with Gasteiger partial charge in [0.25, 0.3) is 5.91 Å². The standard InChI is InChI=1S/C19H20N4O3S/c1-14(15-6-8-18(9-7-15)23-11-10-20-13-23)21-19(24)16-4-3-5-17(12-16)22-27(2,25)26/h3-14,22H,1-2H3,(H,21,24)/t14-/m1/s1. The molecule has 7 nitrogen and oxygen atoms in total. The minimum absolute atomic E-state index is 0.208. The summed E-state index contributed by atoms with van der Waals surface area (Å²) in [7, 11) is -3.40. The summed E-state index contributed by atoms with van der Waals surface area (Å²) < 4.78 is 26.9. The molecule has 3 aromatic rings. The third kappa shape index (κ3) is 4.95. The van der Waals surface area contributed by atoms with Gasteiger partial charge in [0, 0.05) is 29.3 Å². The van der Waals surface area contributed by atoms with Gasteiger partial charge in [-0.3, -0.25) is 9.52 Å². The van der Waals surface area contributed by atoms with Crippen LogP contribution in [0.4, 0.5) is 5.69 Å². The van der Waals surface area contributed by atoms with Gasteiger partial charge in [-0.05, 0) is 42.8 Å². The number of benzene rings is 2. The maximum Gasteiger partial charge on any atom is 0.251 e. The molecule has 0 aliphatic heterocycles.